The Kier molecular flexibility index (Phi) is 4.92. The van der Waals surface area contributed by atoms with Crippen LogP contribution in [0, 0.1) is 26.7 Å². The van der Waals surface area contributed by atoms with E-state index in [9.17, 15) is 9.59 Å². The van der Waals surface area contributed by atoms with Crippen molar-refractivity contribution in [1.29, 1.82) is 0 Å². The van der Waals surface area contributed by atoms with Gasteiger partial charge in [-0.25, -0.2) is 9.97 Å². The molecule has 7 heteroatoms. The zero-order chi connectivity index (χ0) is 18.0. The number of piperidine rings is 1. The van der Waals surface area contributed by atoms with E-state index in [-0.39, 0.29) is 11.5 Å². The van der Waals surface area contributed by atoms with Crippen LogP contribution in [-0.4, -0.2) is 43.4 Å². The first-order valence-corrected chi connectivity index (χ1v) is 8.56. The second kappa shape index (κ2) is 7.13. The highest BCUT2D eigenvalue weighted by Gasteiger charge is 2.25. The fourth-order valence-corrected chi connectivity index (χ4v) is 3.07. The summed E-state index contributed by atoms with van der Waals surface area (Å²) in [6, 6.07) is 0. The molecular weight excluding hydrogens is 318 g/mol. The first-order chi connectivity index (χ1) is 12.0. The molecule has 0 radical (unpaired) electrons. The Morgan fingerprint density at radius 2 is 1.84 bits per heavy atom. The molecule has 3 heterocycles. The molecule has 132 valence electrons. The second-order valence-corrected chi connectivity index (χ2v) is 6.69. The molecule has 1 saturated heterocycles. The third-order valence-electron chi connectivity index (χ3n) is 4.87. The van der Waals surface area contributed by atoms with E-state index in [1.807, 2.05) is 25.7 Å². The molecule has 1 amide bonds. The molecule has 1 fully saturated rings. The summed E-state index contributed by atoms with van der Waals surface area (Å²) >= 11 is 0. The van der Waals surface area contributed by atoms with Gasteiger partial charge >= 0.3 is 0 Å². The number of amides is 1. The highest BCUT2D eigenvalue weighted by atomic mass is 16.2. The number of hydrogen-bond acceptors (Lipinski definition) is 5. The van der Waals surface area contributed by atoms with Crippen LogP contribution in [0.4, 0.5) is 0 Å². The third-order valence-corrected chi connectivity index (χ3v) is 4.87. The van der Waals surface area contributed by atoms with E-state index >= 15 is 0 Å². The molecule has 0 saturated carbocycles. The standard InChI is InChI=1S/C18H23N5O2/c1-12-8-20-16(9-19-12)18(25)22-6-4-15(5-7-22)10-23-11-21-14(3)13(2)17(23)24/h8-9,11,15H,4-7,10H2,1-3H3. The van der Waals surface area contributed by atoms with Crippen LogP contribution in [0.25, 0.3) is 0 Å². The highest BCUT2D eigenvalue weighted by Crippen LogP contribution is 2.20. The van der Waals surface area contributed by atoms with Gasteiger partial charge in [-0.15, -0.1) is 0 Å². The average molecular weight is 341 g/mol. The van der Waals surface area contributed by atoms with Crippen LogP contribution in [0.3, 0.4) is 0 Å². The number of aryl methyl sites for hydroxylation is 2. The Morgan fingerprint density at radius 3 is 2.48 bits per heavy atom. The fraction of sp³-hybridized carbons (Fsp3) is 0.500. The summed E-state index contributed by atoms with van der Waals surface area (Å²) < 4.78 is 1.69. The van der Waals surface area contributed by atoms with Crippen LogP contribution in [0.15, 0.2) is 23.5 Å². The number of nitrogens with zero attached hydrogens (tertiary/aromatic N) is 5. The molecule has 0 N–H and O–H groups in total. The van der Waals surface area contributed by atoms with Gasteiger partial charge in [-0.05, 0) is 39.5 Å². The molecule has 0 bridgehead atoms. The van der Waals surface area contributed by atoms with E-state index in [1.165, 1.54) is 6.20 Å². The summed E-state index contributed by atoms with van der Waals surface area (Å²) in [5.74, 6) is 0.297. The highest BCUT2D eigenvalue weighted by molar-refractivity contribution is 5.92. The Balaban J connectivity index is 1.60. The first kappa shape index (κ1) is 17.3. The smallest absolute Gasteiger partial charge is 0.274 e. The third kappa shape index (κ3) is 3.75. The summed E-state index contributed by atoms with van der Waals surface area (Å²) in [5.41, 5.74) is 2.69. The largest absolute Gasteiger partial charge is 0.337 e. The van der Waals surface area contributed by atoms with Gasteiger partial charge in [0.2, 0.25) is 0 Å². The topological polar surface area (TPSA) is 81.0 Å². The van der Waals surface area contributed by atoms with E-state index in [0.717, 1.165) is 24.2 Å². The summed E-state index contributed by atoms with van der Waals surface area (Å²) in [4.78, 5) is 39.2. The van der Waals surface area contributed by atoms with Gasteiger partial charge in [-0.2, -0.15) is 0 Å². The lowest BCUT2D eigenvalue weighted by molar-refractivity contribution is 0.0675. The van der Waals surface area contributed by atoms with Crippen molar-refractivity contribution >= 4 is 5.91 Å². The summed E-state index contributed by atoms with van der Waals surface area (Å²) in [6.07, 6.45) is 6.50. The van der Waals surface area contributed by atoms with Crippen molar-refractivity contribution < 1.29 is 4.79 Å². The molecule has 2 aromatic rings. The predicted molar refractivity (Wildman–Crippen MR) is 93.4 cm³/mol. The van der Waals surface area contributed by atoms with Crippen molar-refractivity contribution in [3.63, 3.8) is 0 Å². The van der Waals surface area contributed by atoms with Gasteiger partial charge in [0.1, 0.15) is 5.69 Å². The van der Waals surface area contributed by atoms with Gasteiger partial charge < -0.3 is 4.90 Å². The minimum Gasteiger partial charge on any atom is -0.337 e. The molecule has 25 heavy (non-hydrogen) atoms. The number of rotatable bonds is 3. The van der Waals surface area contributed by atoms with Crippen LogP contribution >= 0.6 is 0 Å². The van der Waals surface area contributed by atoms with Crippen molar-refractivity contribution in [2.45, 2.75) is 40.2 Å². The van der Waals surface area contributed by atoms with E-state index in [2.05, 4.69) is 15.0 Å². The van der Waals surface area contributed by atoms with E-state index in [4.69, 9.17) is 0 Å². The minimum absolute atomic E-state index is 0.0286. The fourth-order valence-electron chi connectivity index (χ4n) is 3.07. The Bertz CT molecular complexity index is 820. The average Bonchev–Trinajstić information content (AvgIpc) is 2.63. The summed E-state index contributed by atoms with van der Waals surface area (Å²) in [5, 5.41) is 0. The molecule has 0 spiro atoms. The van der Waals surface area contributed by atoms with Crippen molar-refractivity contribution in [1.82, 2.24) is 24.4 Å². The van der Waals surface area contributed by atoms with Gasteiger partial charge in [-0.3, -0.25) is 19.1 Å². The zero-order valence-corrected chi connectivity index (χ0v) is 14.9. The Labute approximate surface area is 146 Å². The van der Waals surface area contributed by atoms with Crippen LogP contribution < -0.4 is 5.56 Å². The first-order valence-electron chi connectivity index (χ1n) is 8.56. The number of likely N-dealkylation sites (tertiary alicyclic amines) is 1. The van der Waals surface area contributed by atoms with Crippen LogP contribution in [-0.2, 0) is 6.54 Å². The molecule has 2 aromatic heterocycles. The lowest BCUT2D eigenvalue weighted by Crippen LogP contribution is -2.40. The van der Waals surface area contributed by atoms with Gasteiger partial charge in [0.25, 0.3) is 11.5 Å². The van der Waals surface area contributed by atoms with Crippen LogP contribution in [0.5, 0.6) is 0 Å². The minimum atomic E-state index is -0.0732. The second-order valence-electron chi connectivity index (χ2n) is 6.69. The number of aromatic nitrogens is 4. The monoisotopic (exact) mass is 341 g/mol. The quantitative estimate of drug-likeness (QED) is 0.845. The van der Waals surface area contributed by atoms with Crippen LogP contribution in [0.1, 0.15) is 40.3 Å². The Morgan fingerprint density at radius 1 is 1.12 bits per heavy atom. The molecular formula is C18H23N5O2. The molecule has 0 aromatic carbocycles. The number of hydrogen-bond donors (Lipinski definition) is 0. The Hall–Kier alpha value is -2.57. The van der Waals surface area contributed by atoms with Gasteiger partial charge in [-0.1, -0.05) is 0 Å². The normalized spacial score (nSPS) is 15.4. The number of carbonyl (C=O) groups excluding carboxylic acids is 1. The molecule has 1 aliphatic heterocycles. The SMILES string of the molecule is Cc1cnc(C(=O)N2CCC(Cn3cnc(C)c(C)c3=O)CC2)cn1. The maximum absolute atomic E-state index is 12.5. The molecule has 0 unspecified atom stereocenters. The van der Waals surface area contributed by atoms with Crippen molar-refractivity contribution in [3.8, 4) is 0 Å². The molecule has 0 atom stereocenters. The molecule has 1 aliphatic rings. The molecule has 0 aliphatic carbocycles. The summed E-state index contributed by atoms with van der Waals surface area (Å²) in [6.45, 7) is 7.50. The van der Waals surface area contributed by atoms with Crippen molar-refractivity contribution in [2.24, 2.45) is 5.92 Å². The van der Waals surface area contributed by atoms with Crippen LogP contribution in [0.2, 0.25) is 0 Å². The zero-order valence-electron chi connectivity index (χ0n) is 14.9. The van der Waals surface area contributed by atoms with Gasteiger partial charge in [0.05, 0.1) is 18.2 Å². The van der Waals surface area contributed by atoms with Gasteiger partial charge in [0.15, 0.2) is 0 Å². The molecule has 7 nitrogen and oxygen atoms in total. The molecule has 3 rings (SSSR count). The maximum atomic E-state index is 12.5. The summed E-state index contributed by atoms with van der Waals surface area (Å²) in [7, 11) is 0. The predicted octanol–water partition coefficient (Wildman–Crippen LogP) is 1.51. The maximum Gasteiger partial charge on any atom is 0.274 e. The lowest BCUT2D eigenvalue weighted by Gasteiger charge is -2.32. The van der Waals surface area contributed by atoms with Crippen molar-refractivity contribution in [2.75, 3.05) is 13.1 Å². The lowest BCUT2D eigenvalue weighted by atomic mass is 9.96. The van der Waals surface area contributed by atoms with E-state index < -0.39 is 0 Å². The van der Waals surface area contributed by atoms with E-state index in [0.29, 0.717) is 36.8 Å². The van der Waals surface area contributed by atoms with E-state index in [1.54, 1.807) is 17.1 Å². The van der Waals surface area contributed by atoms with Crippen molar-refractivity contribution in [3.05, 3.63) is 51.7 Å². The number of carbonyl (C=O) groups is 1. The van der Waals surface area contributed by atoms with Gasteiger partial charge in [0, 0.05) is 37.1 Å².